The van der Waals surface area contributed by atoms with Crippen LogP contribution in [0, 0.1) is 34.3 Å². The standard InChI is InChI=1S/C13H8F2N4O/c14-8-1-2-9(10(15)3-8)13(20)6-19-7-18-11(4-16)12(19)5-17/h1-3,7,13,20H,6H2. The van der Waals surface area contributed by atoms with Crippen LogP contribution >= 0.6 is 0 Å². The summed E-state index contributed by atoms with van der Waals surface area (Å²) in [6.07, 6.45) is -0.0784. The van der Waals surface area contributed by atoms with E-state index in [1.807, 2.05) is 0 Å². The highest BCUT2D eigenvalue weighted by molar-refractivity contribution is 5.36. The van der Waals surface area contributed by atoms with Crippen molar-refractivity contribution in [3.8, 4) is 12.1 Å². The maximum absolute atomic E-state index is 13.5. The maximum Gasteiger partial charge on any atom is 0.176 e. The zero-order valence-electron chi connectivity index (χ0n) is 10.1. The summed E-state index contributed by atoms with van der Waals surface area (Å²) >= 11 is 0. The molecule has 1 N–H and O–H groups in total. The lowest BCUT2D eigenvalue weighted by Crippen LogP contribution is -2.11. The largest absolute Gasteiger partial charge is 0.386 e. The Bertz CT molecular complexity index is 727. The molecule has 0 radical (unpaired) electrons. The lowest BCUT2D eigenvalue weighted by molar-refractivity contribution is 0.151. The molecule has 0 amide bonds. The van der Waals surface area contributed by atoms with Crippen molar-refractivity contribution in [1.29, 1.82) is 10.5 Å². The summed E-state index contributed by atoms with van der Waals surface area (Å²) in [5.74, 6) is -1.62. The predicted octanol–water partition coefficient (Wildman–Crippen LogP) is 1.64. The van der Waals surface area contributed by atoms with E-state index in [9.17, 15) is 13.9 Å². The first-order valence-electron chi connectivity index (χ1n) is 5.55. The summed E-state index contributed by atoms with van der Waals surface area (Å²) < 4.78 is 27.5. The second-order valence-corrected chi connectivity index (χ2v) is 4.00. The van der Waals surface area contributed by atoms with E-state index in [1.54, 1.807) is 12.1 Å². The van der Waals surface area contributed by atoms with Crippen LogP contribution in [0.1, 0.15) is 23.1 Å². The third-order valence-electron chi connectivity index (χ3n) is 2.74. The number of hydrogen-bond donors (Lipinski definition) is 1. The zero-order chi connectivity index (χ0) is 14.7. The van der Waals surface area contributed by atoms with Gasteiger partial charge in [0.2, 0.25) is 0 Å². The van der Waals surface area contributed by atoms with Crippen molar-refractivity contribution in [1.82, 2.24) is 9.55 Å². The van der Waals surface area contributed by atoms with Gasteiger partial charge < -0.3 is 9.67 Å². The number of rotatable bonds is 3. The van der Waals surface area contributed by atoms with Crippen LogP contribution < -0.4 is 0 Å². The zero-order valence-corrected chi connectivity index (χ0v) is 10.1. The molecule has 0 aliphatic carbocycles. The summed E-state index contributed by atoms with van der Waals surface area (Å²) in [4.78, 5) is 3.70. The molecule has 0 bridgehead atoms. The third kappa shape index (κ3) is 2.48. The molecule has 0 aliphatic heterocycles. The first-order chi connectivity index (χ1) is 9.56. The van der Waals surface area contributed by atoms with Crippen LogP contribution in [0.5, 0.6) is 0 Å². The van der Waals surface area contributed by atoms with Gasteiger partial charge in [-0.1, -0.05) is 6.07 Å². The number of halogens is 2. The van der Waals surface area contributed by atoms with E-state index in [4.69, 9.17) is 10.5 Å². The molecule has 5 nitrogen and oxygen atoms in total. The molecule has 7 heteroatoms. The van der Waals surface area contributed by atoms with Gasteiger partial charge in [-0.05, 0) is 6.07 Å². The molecule has 1 atom stereocenters. The quantitative estimate of drug-likeness (QED) is 0.921. The number of aliphatic hydroxyl groups excluding tert-OH is 1. The van der Waals surface area contributed by atoms with Gasteiger partial charge in [0.05, 0.1) is 19.0 Å². The van der Waals surface area contributed by atoms with E-state index in [0.29, 0.717) is 6.07 Å². The second kappa shape index (κ2) is 5.47. The van der Waals surface area contributed by atoms with E-state index in [1.165, 1.54) is 10.9 Å². The lowest BCUT2D eigenvalue weighted by Gasteiger charge is -2.13. The topological polar surface area (TPSA) is 85.6 Å². The van der Waals surface area contributed by atoms with Gasteiger partial charge in [0.15, 0.2) is 11.4 Å². The average molecular weight is 274 g/mol. The number of nitrogens with zero attached hydrogens (tertiary/aromatic N) is 4. The molecule has 0 aliphatic rings. The van der Waals surface area contributed by atoms with Gasteiger partial charge in [-0.3, -0.25) is 0 Å². The van der Waals surface area contributed by atoms with Gasteiger partial charge in [-0.2, -0.15) is 10.5 Å². The Morgan fingerprint density at radius 1 is 1.30 bits per heavy atom. The highest BCUT2D eigenvalue weighted by Crippen LogP contribution is 2.20. The molecular formula is C13H8F2N4O. The van der Waals surface area contributed by atoms with Gasteiger partial charge in [-0.15, -0.1) is 0 Å². The van der Waals surface area contributed by atoms with Gasteiger partial charge in [0.1, 0.15) is 23.8 Å². The normalized spacial score (nSPS) is 11.7. The Hall–Kier alpha value is -2.77. The Kier molecular flexibility index (Phi) is 3.74. The summed E-state index contributed by atoms with van der Waals surface area (Å²) in [7, 11) is 0. The van der Waals surface area contributed by atoms with Crippen molar-refractivity contribution in [2.45, 2.75) is 12.6 Å². The molecule has 20 heavy (non-hydrogen) atoms. The smallest absolute Gasteiger partial charge is 0.176 e. The minimum Gasteiger partial charge on any atom is -0.386 e. The summed E-state index contributed by atoms with van der Waals surface area (Å²) in [6, 6.07) is 6.35. The fraction of sp³-hybridized carbons (Fsp3) is 0.154. The van der Waals surface area contributed by atoms with Crippen molar-refractivity contribution in [3.05, 3.63) is 53.1 Å². The molecule has 100 valence electrons. The van der Waals surface area contributed by atoms with Crippen molar-refractivity contribution < 1.29 is 13.9 Å². The molecule has 0 fully saturated rings. The number of hydrogen-bond acceptors (Lipinski definition) is 4. The van der Waals surface area contributed by atoms with E-state index >= 15 is 0 Å². The van der Waals surface area contributed by atoms with Crippen LogP contribution in [0.25, 0.3) is 0 Å². The Morgan fingerprint density at radius 2 is 2.05 bits per heavy atom. The Morgan fingerprint density at radius 3 is 2.65 bits per heavy atom. The minimum atomic E-state index is -1.29. The molecule has 0 saturated heterocycles. The first-order valence-corrected chi connectivity index (χ1v) is 5.55. The molecule has 1 unspecified atom stereocenters. The maximum atomic E-state index is 13.5. The predicted molar refractivity (Wildman–Crippen MR) is 63.0 cm³/mol. The molecule has 1 aromatic heterocycles. The monoisotopic (exact) mass is 274 g/mol. The van der Waals surface area contributed by atoms with Crippen LogP contribution in [-0.4, -0.2) is 14.7 Å². The van der Waals surface area contributed by atoms with E-state index in [-0.39, 0.29) is 23.5 Å². The van der Waals surface area contributed by atoms with Gasteiger partial charge in [0.25, 0.3) is 0 Å². The van der Waals surface area contributed by atoms with Crippen molar-refractivity contribution in [2.75, 3.05) is 0 Å². The summed E-state index contributed by atoms with van der Waals surface area (Å²) in [6.45, 7) is -0.167. The van der Waals surface area contributed by atoms with Crippen LogP contribution in [0.3, 0.4) is 0 Å². The first kappa shape index (κ1) is 13.7. The van der Waals surface area contributed by atoms with Crippen LogP contribution in [0.15, 0.2) is 24.5 Å². The van der Waals surface area contributed by atoms with E-state index in [0.717, 1.165) is 12.1 Å². The molecule has 2 aromatic rings. The molecular weight excluding hydrogens is 266 g/mol. The molecule has 0 spiro atoms. The summed E-state index contributed by atoms with van der Waals surface area (Å²) in [5, 5.41) is 27.6. The molecule has 1 aromatic carbocycles. The van der Waals surface area contributed by atoms with Crippen molar-refractivity contribution >= 4 is 0 Å². The Labute approximate surface area is 112 Å². The average Bonchev–Trinajstić information content (AvgIpc) is 2.80. The van der Waals surface area contributed by atoms with Crippen LogP contribution in [0.2, 0.25) is 0 Å². The minimum absolute atomic E-state index is 0.0194. The van der Waals surface area contributed by atoms with Crippen molar-refractivity contribution in [3.63, 3.8) is 0 Å². The number of aromatic nitrogens is 2. The van der Waals surface area contributed by atoms with E-state index in [2.05, 4.69) is 4.98 Å². The fourth-order valence-electron chi connectivity index (χ4n) is 1.78. The fourth-order valence-corrected chi connectivity index (χ4v) is 1.78. The molecule has 0 saturated carbocycles. The van der Waals surface area contributed by atoms with Crippen LogP contribution in [-0.2, 0) is 6.54 Å². The van der Waals surface area contributed by atoms with Gasteiger partial charge in [-0.25, -0.2) is 13.8 Å². The number of aliphatic hydroxyl groups is 1. The van der Waals surface area contributed by atoms with Crippen molar-refractivity contribution in [2.24, 2.45) is 0 Å². The summed E-state index contributed by atoms with van der Waals surface area (Å²) in [5.41, 5.74) is -0.184. The lowest BCUT2D eigenvalue weighted by atomic mass is 10.1. The number of imidazole rings is 1. The third-order valence-corrected chi connectivity index (χ3v) is 2.74. The van der Waals surface area contributed by atoms with Gasteiger partial charge >= 0.3 is 0 Å². The highest BCUT2D eigenvalue weighted by atomic mass is 19.1. The highest BCUT2D eigenvalue weighted by Gasteiger charge is 2.17. The van der Waals surface area contributed by atoms with E-state index < -0.39 is 17.7 Å². The number of nitriles is 2. The van der Waals surface area contributed by atoms with Crippen LogP contribution in [0.4, 0.5) is 8.78 Å². The van der Waals surface area contributed by atoms with Gasteiger partial charge in [0, 0.05) is 11.6 Å². The Balaban J connectivity index is 2.29. The SMILES string of the molecule is N#Cc1ncn(CC(O)c2ccc(F)cc2F)c1C#N. The molecule has 1 heterocycles. The second-order valence-electron chi connectivity index (χ2n) is 4.00. The molecule has 2 rings (SSSR count). The number of benzene rings is 1.